The Morgan fingerprint density at radius 2 is 1.87 bits per heavy atom. The molecule has 2 N–H and O–H groups in total. The van der Waals surface area contributed by atoms with Gasteiger partial charge in [-0.1, -0.05) is 29.8 Å². The molecule has 0 radical (unpaired) electrons. The molecule has 0 saturated heterocycles. The molecule has 0 aliphatic carbocycles. The monoisotopic (exact) mass is 435 g/mol. The van der Waals surface area contributed by atoms with Crippen molar-refractivity contribution in [2.24, 2.45) is 0 Å². The Morgan fingerprint density at radius 1 is 1.17 bits per heavy atom. The third-order valence-electron chi connectivity index (χ3n) is 3.64. The van der Waals surface area contributed by atoms with Gasteiger partial charge in [0.05, 0.1) is 15.6 Å². The van der Waals surface area contributed by atoms with Gasteiger partial charge in [0.15, 0.2) is 12.7 Å². The van der Waals surface area contributed by atoms with Crippen molar-refractivity contribution < 1.29 is 28.8 Å². The van der Waals surface area contributed by atoms with Crippen molar-refractivity contribution in [1.82, 2.24) is 5.32 Å². The molecule has 11 heteroatoms. The van der Waals surface area contributed by atoms with Crippen LogP contribution in [0.4, 0.5) is 11.4 Å². The van der Waals surface area contributed by atoms with Crippen molar-refractivity contribution in [3.05, 3.63) is 63.7 Å². The smallest absolute Gasteiger partial charge is 0.326 e. The number of nitrogens with one attached hydrogen (secondary N) is 2. The molecule has 2 aromatic carbocycles. The van der Waals surface area contributed by atoms with Crippen LogP contribution < -0.4 is 15.4 Å². The third kappa shape index (κ3) is 7.06. The molecular weight excluding hydrogens is 418 g/mol. The van der Waals surface area contributed by atoms with E-state index >= 15 is 0 Å². The molecule has 0 bridgehead atoms. The summed E-state index contributed by atoms with van der Waals surface area (Å²) < 4.78 is 10.2. The van der Waals surface area contributed by atoms with Crippen LogP contribution >= 0.6 is 11.6 Å². The van der Waals surface area contributed by atoms with Gasteiger partial charge in [-0.05, 0) is 25.1 Å². The minimum absolute atomic E-state index is 0.0400. The van der Waals surface area contributed by atoms with Gasteiger partial charge >= 0.3 is 5.97 Å². The Labute approximate surface area is 176 Å². The van der Waals surface area contributed by atoms with Crippen molar-refractivity contribution in [3.63, 3.8) is 0 Å². The first-order chi connectivity index (χ1) is 14.3. The largest absolute Gasteiger partial charge is 0.484 e. The second-order valence-corrected chi connectivity index (χ2v) is 6.33. The summed E-state index contributed by atoms with van der Waals surface area (Å²) in [6.45, 7) is 0.589. The van der Waals surface area contributed by atoms with E-state index in [4.69, 9.17) is 21.1 Å². The number of rotatable bonds is 9. The van der Waals surface area contributed by atoms with Gasteiger partial charge in [-0.25, -0.2) is 0 Å². The maximum Gasteiger partial charge on any atom is 0.326 e. The van der Waals surface area contributed by atoms with Gasteiger partial charge in [0.25, 0.3) is 17.5 Å². The van der Waals surface area contributed by atoms with Gasteiger partial charge < -0.3 is 20.1 Å². The van der Waals surface area contributed by atoms with E-state index in [0.29, 0.717) is 5.75 Å². The average Bonchev–Trinajstić information content (AvgIpc) is 2.72. The summed E-state index contributed by atoms with van der Waals surface area (Å²) >= 11 is 5.90. The number of benzene rings is 2. The molecule has 1 atom stereocenters. The summed E-state index contributed by atoms with van der Waals surface area (Å²) in [6.07, 6.45) is -1.19. The number of nitro groups is 1. The lowest BCUT2D eigenvalue weighted by atomic mass is 10.2. The first kappa shape index (κ1) is 22.6. The van der Waals surface area contributed by atoms with Crippen molar-refractivity contribution in [1.29, 1.82) is 0 Å². The van der Waals surface area contributed by atoms with Gasteiger partial charge in [0.1, 0.15) is 12.3 Å². The molecule has 0 spiro atoms. The first-order valence-electron chi connectivity index (χ1n) is 8.65. The number of non-ortho nitro benzene ring substituents is 1. The molecule has 1 unspecified atom stereocenters. The van der Waals surface area contributed by atoms with Crippen LogP contribution in [0.15, 0.2) is 48.5 Å². The van der Waals surface area contributed by atoms with Crippen LogP contribution in [0.25, 0.3) is 0 Å². The van der Waals surface area contributed by atoms with Gasteiger partial charge in [0.2, 0.25) is 0 Å². The summed E-state index contributed by atoms with van der Waals surface area (Å²) in [5.41, 5.74) is -0.106. The fourth-order valence-corrected chi connectivity index (χ4v) is 2.36. The van der Waals surface area contributed by atoms with Crippen molar-refractivity contribution in [2.45, 2.75) is 13.0 Å². The number of hydrogen-bond acceptors (Lipinski definition) is 7. The predicted molar refractivity (Wildman–Crippen MR) is 107 cm³/mol. The quantitative estimate of drug-likeness (QED) is 0.350. The van der Waals surface area contributed by atoms with Crippen molar-refractivity contribution in [3.8, 4) is 5.75 Å². The number of para-hydroxylation sites is 1. The molecule has 0 aliphatic rings. The lowest BCUT2D eigenvalue weighted by Gasteiger charge is -2.14. The summed E-state index contributed by atoms with van der Waals surface area (Å²) in [7, 11) is 0. The molecule has 30 heavy (non-hydrogen) atoms. The number of nitrogens with zero attached hydrogens (tertiary/aromatic N) is 1. The summed E-state index contributed by atoms with van der Waals surface area (Å²) in [4.78, 5) is 45.7. The Hall–Kier alpha value is -3.66. The highest BCUT2D eigenvalue weighted by atomic mass is 35.5. The maximum absolute atomic E-state index is 12.1. The number of carbonyl (C=O) groups is 3. The summed E-state index contributed by atoms with van der Waals surface area (Å²) in [6, 6.07) is 12.2. The molecule has 0 saturated carbocycles. The van der Waals surface area contributed by atoms with Crippen LogP contribution in [-0.2, 0) is 19.1 Å². The van der Waals surface area contributed by atoms with Crippen molar-refractivity contribution >= 4 is 40.8 Å². The molecule has 2 rings (SSSR count). The molecule has 2 amide bonds. The lowest BCUT2D eigenvalue weighted by Crippen LogP contribution is -2.37. The fourth-order valence-electron chi connectivity index (χ4n) is 2.13. The third-order valence-corrected chi connectivity index (χ3v) is 3.95. The maximum atomic E-state index is 12.1. The van der Waals surface area contributed by atoms with E-state index in [1.54, 1.807) is 30.3 Å². The first-order valence-corrected chi connectivity index (χ1v) is 9.03. The number of hydrogen-bond donors (Lipinski definition) is 2. The Balaban J connectivity index is 1.76. The molecule has 0 aliphatic heterocycles. The highest BCUT2D eigenvalue weighted by Crippen LogP contribution is 2.26. The zero-order valence-electron chi connectivity index (χ0n) is 15.8. The van der Waals surface area contributed by atoms with E-state index in [0.717, 1.165) is 6.07 Å². The molecular formula is C19H18ClN3O7. The Kier molecular flexibility index (Phi) is 8.12. The lowest BCUT2D eigenvalue weighted by molar-refractivity contribution is -0.384. The normalized spacial score (nSPS) is 11.1. The molecule has 10 nitrogen and oxygen atoms in total. The van der Waals surface area contributed by atoms with Gasteiger partial charge in [-0.15, -0.1) is 0 Å². The van der Waals surface area contributed by atoms with E-state index in [1.807, 2.05) is 0 Å². The number of amides is 2. The summed E-state index contributed by atoms with van der Waals surface area (Å²) in [5.74, 6) is -1.56. The second-order valence-electron chi connectivity index (χ2n) is 5.92. The van der Waals surface area contributed by atoms with Gasteiger partial charge in [-0.2, -0.15) is 0 Å². The van der Waals surface area contributed by atoms with E-state index in [1.165, 1.54) is 19.1 Å². The molecule has 0 heterocycles. The molecule has 2 aromatic rings. The minimum atomic E-state index is -1.19. The van der Waals surface area contributed by atoms with Crippen LogP contribution in [0.5, 0.6) is 5.75 Å². The van der Waals surface area contributed by atoms with Crippen LogP contribution in [-0.4, -0.2) is 42.0 Å². The molecule has 0 aromatic heterocycles. The second kappa shape index (κ2) is 10.8. The van der Waals surface area contributed by atoms with E-state index in [-0.39, 0.29) is 23.0 Å². The fraction of sp³-hybridized carbons (Fsp3) is 0.211. The van der Waals surface area contributed by atoms with Crippen LogP contribution in [0, 0.1) is 10.1 Å². The molecule has 158 valence electrons. The zero-order chi connectivity index (χ0) is 22.1. The van der Waals surface area contributed by atoms with Gasteiger partial charge in [0, 0.05) is 12.1 Å². The van der Waals surface area contributed by atoms with Crippen LogP contribution in [0.3, 0.4) is 0 Å². The van der Waals surface area contributed by atoms with E-state index in [9.17, 15) is 24.5 Å². The van der Waals surface area contributed by atoms with Gasteiger partial charge in [-0.3, -0.25) is 24.5 Å². The van der Waals surface area contributed by atoms with E-state index < -0.39 is 35.4 Å². The Morgan fingerprint density at radius 3 is 2.50 bits per heavy atom. The standard InChI is InChI=1S/C19H18ClN3O7/c1-12(19(26)22-16-8-7-13(23(27)28)9-15(16)20)30-18(25)10-21-17(24)11-29-14-5-3-2-4-6-14/h2-9,12H,10-11H2,1H3,(H,21,24)(H,22,26). The number of halogens is 1. The predicted octanol–water partition coefficient (Wildman–Crippen LogP) is 2.31. The number of nitro benzene ring substituents is 1. The Bertz CT molecular complexity index is 937. The number of anilines is 1. The van der Waals surface area contributed by atoms with Crippen LogP contribution in [0.1, 0.15) is 6.92 Å². The average molecular weight is 436 g/mol. The minimum Gasteiger partial charge on any atom is -0.484 e. The number of carbonyl (C=O) groups excluding carboxylic acids is 3. The van der Waals surface area contributed by atoms with Crippen molar-refractivity contribution in [2.75, 3.05) is 18.5 Å². The SMILES string of the molecule is CC(OC(=O)CNC(=O)COc1ccccc1)C(=O)Nc1ccc([N+](=O)[O-])cc1Cl. The van der Waals surface area contributed by atoms with E-state index in [2.05, 4.69) is 10.6 Å². The number of esters is 1. The zero-order valence-corrected chi connectivity index (χ0v) is 16.5. The highest BCUT2D eigenvalue weighted by molar-refractivity contribution is 6.34. The van der Waals surface area contributed by atoms with Crippen LogP contribution in [0.2, 0.25) is 5.02 Å². The number of ether oxygens (including phenoxy) is 2. The topological polar surface area (TPSA) is 137 Å². The highest BCUT2D eigenvalue weighted by Gasteiger charge is 2.20. The summed E-state index contributed by atoms with van der Waals surface area (Å²) in [5, 5.41) is 15.4. The molecule has 0 fully saturated rings.